The van der Waals surface area contributed by atoms with E-state index in [2.05, 4.69) is 34.0 Å². The smallest absolute Gasteiger partial charge is 0.318 e. The van der Waals surface area contributed by atoms with E-state index in [9.17, 15) is 4.79 Å². The number of carbonyl (C=O) groups excluding carboxylic acids is 1. The number of halogens is 1. The fraction of sp³-hybridized carbons (Fsp3) is 0.471. The van der Waals surface area contributed by atoms with E-state index in [1.165, 1.54) is 0 Å². The van der Waals surface area contributed by atoms with Gasteiger partial charge in [-0.3, -0.25) is 0 Å². The van der Waals surface area contributed by atoms with Gasteiger partial charge in [-0.1, -0.05) is 25.4 Å². The summed E-state index contributed by atoms with van der Waals surface area (Å²) in [5.41, 5.74) is 0. The first-order chi connectivity index (χ1) is 12.0. The Morgan fingerprint density at radius 1 is 1.44 bits per heavy atom. The first-order valence-corrected chi connectivity index (χ1v) is 8.72. The monoisotopic (exact) mass is 363 g/mol. The highest BCUT2D eigenvalue weighted by atomic mass is 35.5. The summed E-state index contributed by atoms with van der Waals surface area (Å²) in [6, 6.07) is 5.29. The van der Waals surface area contributed by atoms with Crippen molar-refractivity contribution < 1.29 is 9.21 Å². The number of nitrogens with zero attached hydrogens (tertiary/aromatic N) is 4. The van der Waals surface area contributed by atoms with E-state index in [1.54, 1.807) is 18.5 Å². The number of rotatable bonds is 4. The highest BCUT2D eigenvalue weighted by Gasteiger charge is 2.33. The third-order valence-electron chi connectivity index (χ3n) is 4.33. The number of nitrogens with one attached hydrogen (secondary N) is 1. The molecule has 0 spiro atoms. The number of piperazine rings is 1. The van der Waals surface area contributed by atoms with Crippen molar-refractivity contribution >= 4 is 23.6 Å². The molecule has 134 valence electrons. The molecule has 1 aliphatic heterocycles. The quantitative estimate of drug-likeness (QED) is 0.845. The maximum absolute atomic E-state index is 12.6. The summed E-state index contributed by atoms with van der Waals surface area (Å²) in [4.78, 5) is 25.1. The highest BCUT2D eigenvalue weighted by Crippen LogP contribution is 2.21. The third-order valence-corrected chi connectivity index (χ3v) is 4.55. The molecule has 1 fully saturated rings. The number of hydrogen-bond donors (Lipinski definition) is 1. The van der Waals surface area contributed by atoms with Crippen molar-refractivity contribution in [2.45, 2.75) is 26.4 Å². The third kappa shape index (κ3) is 4.22. The van der Waals surface area contributed by atoms with Gasteiger partial charge >= 0.3 is 6.03 Å². The molecule has 8 heteroatoms. The Kier molecular flexibility index (Phi) is 5.43. The van der Waals surface area contributed by atoms with Gasteiger partial charge in [0.25, 0.3) is 0 Å². The molecule has 1 aliphatic rings. The molecular formula is C17H22ClN5O2. The number of anilines is 1. The number of hydrogen-bond acceptors (Lipinski definition) is 5. The van der Waals surface area contributed by atoms with Gasteiger partial charge in [-0.15, -0.1) is 0 Å². The predicted molar refractivity (Wildman–Crippen MR) is 95.5 cm³/mol. The predicted octanol–water partition coefficient (Wildman–Crippen LogP) is 2.78. The van der Waals surface area contributed by atoms with Crippen LogP contribution in [0.2, 0.25) is 5.15 Å². The molecule has 1 unspecified atom stereocenters. The van der Waals surface area contributed by atoms with E-state index in [0.717, 1.165) is 5.76 Å². The van der Waals surface area contributed by atoms with Gasteiger partial charge < -0.3 is 19.5 Å². The van der Waals surface area contributed by atoms with Crippen LogP contribution in [0.4, 0.5) is 10.7 Å². The fourth-order valence-electron chi connectivity index (χ4n) is 2.97. The van der Waals surface area contributed by atoms with Crippen LogP contribution in [-0.2, 0) is 6.54 Å². The summed E-state index contributed by atoms with van der Waals surface area (Å²) < 4.78 is 5.26. The molecule has 0 aromatic carbocycles. The number of urea groups is 1. The fourth-order valence-corrected chi connectivity index (χ4v) is 3.10. The summed E-state index contributed by atoms with van der Waals surface area (Å²) in [5.74, 6) is 1.64. The Morgan fingerprint density at radius 3 is 2.96 bits per heavy atom. The lowest BCUT2D eigenvalue weighted by Gasteiger charge is -2.43. The zero-order valence-electron chi connectivity index (χ0n) is 14.4. The standard InChI is InChI=1S/C17H22ClN5O2/c1-12(2)14-11-22(16-19-6-5-15(18)21-16)7-8-23(14)17(24)20-10-13-4-3-9-25-13/h3-6,9,12,14H,7-8,10-11H2,1-2H3,(H,20,24). The van der Waals surface area contributed by atoms with Gasteiger partial charge in [-0.05, 0) is 24.1 Å². The van der Waals surface area contributed by atoms with Gasteiger partial charge in [0.15, 0.2) is 0 Å². The first-order valence-electron chi connectivity index (χ1n) is 8.35. The van der Waals surface area contributed by atoms with Crippen LogP contribution in [0.5, 0.6) is 0 Å². The summed E-state index contributed by atoms with van der Waals surface area (Å²) in [5, 5.41) is 3.35. The molecule has 0 radical (unpaired) electrons. The van der Waals surface area contributed by atoms with Crippen molar-refractivity contribution in [1.82, 2.24) is 20.2 Å². The molecular weight excluding hydrogens is 342 g/mol. The average molecular weight is 364 g/mol. The van der Waals surface area contributed by atoms with Gasteiger partial charge in [-0.25, -0.2) is 14.8 Å². The number of amides is 2. The molecule has 1 saturated heterocycles. The van der Waals surface area contributed by atoms with Gasteiger partial charge in [0.1, 0.15) is 10.9 Å². The molecule has 3 rings (SSSR count). The van der Waals surface area contributed by atoms with E-state index in [1.807, 2.05) is 17.0 Å². The Morgan fingerprint density at radius 2 is 2.28 bits per heavy atom. The van der Waals surface area contributed by atoms with Crippen molar-refractivity contribution in [3.8, 4) is 0 Å². The minimum absolute atomic E-state index is 0.0629. The largest absolute Gasteiger partial charge is 0.467 e. The molecule has 0 saturated carbocycles. The average Bonchev–Trinajstić information content (AvgIpc) is 3.12. The van der Waals surface area contributed by atoms with Crippen LogP contribution in [0.1, 0.15) is 19.6 Å². The van der Waals surface area contributed by atoms with Gasteiger partial charge in [0, 0.05) is 25.8 Å². The molecule has 25 heavy (non-hydrogen) atoms. The zero-order chi connectivity index (χ0) is 17.8. The molecule has 0 bridgehead atoms. The van der Waals surface area contributed by atoms with Gasteiger partial charge in [-0.2, -0.15) is 0 Å². The van der Waals surface area contributed by atoms with E-state index in [0.29, 0.717) is 43.2 Å². The molecule has 1 N–H and O–H groups in total. The lowest BCUT2D eigenvalue weighted by Crippen LogP contribution is -2.59. The van der Waals surface area contributed by atoms with Crippen LogP contribution in [0.25, 0.3) is 0 Å². The summed E-state index contributed by atoms with van der Waals surface area (Å²) in [6.45, 7) is 6.54. The van der Waals surface area contributed by atoms with Crippen molar-refractivity contribution in [2.75, 3.05) is 24.5 Å². The van der Waals surface area contributed by atoms with Crippen LogP contribution < -0.4 is 10.2 Å². The second kappa shape index (κ2) is 7.74. The molecule has 3 heterocycles. The van der Waals surface area contributed by atoms with Crippen molar-refractivity contribution in [1.29, 1.82) is 0 Å². The minimum Gasteiger partial charge on any atom is -0.467 e. The van der Waals surface area contributed by atoms with E-state index in [4.69, 9.17) is 16.0 Å². The van der Waals surface area contributed by atoms with Crippen LogP contribution >= 0.6 is 11.6 Å². The normalized spacial score (nSPS) is 17.8. The molecule has 2 aromatic heterocycles. The second-order valence-electron chi connectivity index (χ2n) is 6.37. The Hall–Kier alpha value is -2.28. The molecule has 7 nitrogen and oxygen atoms in total. The number of carbonyl (C=O) groups is 1. The lowest BCUT2D eigenvalue weighted by molar-refractivity contribution is 0.143. The van der Waals surface area contributed by atoms with Crippen LogP contribution in [0.15, 0.2) is 35.1 Å². The molecule has 2 amide bonds. The summed E-state index contributed by atoms with van der Waals surface area (Å²) in [7, 11) is 0. The first kappa shape index (κ1) is 17.5. The number of aromatic nitrogens is 2. The topological polar surface area (TPSA) is 74.5 Å². The maximum Gasteiger partial charge on any atom is 0.318 e. The van der Waals surface area contributed by atoms with Gasteiger partial charge in [0.2, 0.25) is 5.95 Å². The Labute approximate surface area is 152 Å². The zero-order valence-corrected chi connectivity index (χ0v) is 15.1. The number of furan rings is 1. The van der Waals surface area contributed by atoms with Crippen LogP contribution in [0, 0.1) is 5.92 Å². The van der Waals surface area contributed by atoms with Crippen molar-refractivity contribution in [2.24, 2.45) is 5.92 Å². The van der Waals surface area contributed by atoms with Crippen molar-refractivity contribution in [3.05, 3.63) is 41.6 Å². The van der Waals surface area contributed by atoms with Crippen molar-refractivity contribution in [3.63, 3.8) is 0 Å². The molecule has 1 atom stereocenters. The summed E-state index contributed by atoms with van der Waals surface area (Å²) in [6.07, 6.45) is 3.25. The maximum atomic E-state index is 12.6. The highest BCUT2D eigenvalue weighted by molar-refractivity contribution is 6.29. The van der Waals surface area contributed by atoms with E-state index < -0.39 is 0 Å². The summed E-state index contributed by atoms with van der Waals surface area (Å²) >= 11 is 5.97. The minimum atomic E-state index is -0.0817. The van der Waals surface area contributed by atoms with E-state index in [-0.39, 0.29) is 12.1 Å². The van der Waals surface area contributed by atoms with Crippen LogP contribution in [-0.4, -0.2) is 46.6 Å². The lowest BCUT2D eigenvalue weighted by atomic mass is 10.00. The second-order valence-corrected chi connectivity index (χ2v) is 6.76. The van der Waals surface area contributed by atoms with E-state index >= 15 is 0 Å². The SMILES string of the molecule is CC(C)C1CN(c2nccc(Cl)n2)CCN1C(=O)NCc1ccco1. The Balaban J connectivity index is 1.66. The molecule has 0 aliphatic carbocycles. The Bertz CT molecular complexity index is 707. The van der Waals surface area contributed by atoms with Gasteiger partial charge in [0.05, 0.1) is 18.8 Å². The van der Waals surface area contributed by atoms with Crippen LogP contribution in [0.3, 0.4) is 0 Å². The molecule has 2 aromatic rings.